The number of hydrogen-bond donors (Lipinski definition) is 2. The summed E-state index contributed by atoms with van der Waals surface area (Å²) in [4.78, 5) is 11.1. The fraction of sp³-hybridized carbons (Fsp3) is 0.500. The van der Waals surface area contributed by atoms with Gasteiger partial charge in [-0.3, -0.25) is 4.79 Å². The van der Waals surface area contributed by atoms with Crippen molar-refractivity contribution in [2.45, 2.75) is 17.4 Å². The molecule has 1 amide bonds. The third-order valence-corrected chi connectivity index (χ3v) is 4.37. The molecule has 1 aliphatic rings. The van der Waals surface area contributed by atoms with Gasteiger partial charge in [0, 0.05) is 13.2 Å². The molecule has 1 fully saturated rings. The lowest BCUT2D eigenvalue weighted by atomic mass is 10.0. The Morgan fingerprint density at radius 2 is 2.17 bits per heavy atom. The van der Waals surface area contributed by atoms with Gasteiger partial charge in [0.25, 0.3) is 5.91 Å². The summed E-state index contributed by atoms with van der Waals surface area (Å²) in [6, 6.07) is 1.26. The van der Waals surface area contributed by atoms with E-state index in [-0.39, 0.29) is 10.6 Å². The average Bonchev–Trinajstić information content (AvgIpc) is 2.58. The van der Waals surface area contributed by atoms with Crippen LogP contribution in [0.25, 0.3) is 0 Å². The van der Waals surface area contributed by atoms with E-state index in [1.54, 1.807) is 14.0 Å². The lowest BCUT2D eigenvalue weighted by Crippen LogP contribution is -2.59. The molecule has 0 atom stereocenters. The van der Waals surface area contributed by atoms with Crippen molar-refractivity contribution in [1.82, 2.24) is 9.29 Å². The van der Waals surface area contributed by atoms with Crippen LogP contribution in [-0.4, -0.2) is 37.6 Å². The highest BCUT2D eigenvalue weighted by Crippen LogP contribution is 2.21. The van der Waals surface area contributed by atoms with E-state index in [0.29, 0.717) is 13.2 Å². The molecule has 1 aromatic rings. The first-order valence-electron chi connectivity index (χ1n) is 5.31. The van der Waals surface area contributed by atoms with Crippen LogP contribution in [-0.2, 0) is 21.8 Å². The quantitative estimate of drug-likeness (QED) is 0.748. The van der Waals surface area contributed by atoms with Gasteiger partial charge in [-0.15, -0.1) is 0 Å². The van der Waals surface area contributed by atoms with Crippen LogP contribution < -0.4 is 10.5 Å². The highest BCUT2D eigenvalue weighted by atomic mass is 32.2. The van der Waals surface area contributed by atoms with E-state index in [2.05, 4.69) is 4.72 Å². The Morgan fingerprint density at radius 1 is 1.56 bits per heavy atom. The molecule has 0 radical (unpaired) electrons. The number of aryl methyl sites for hydroxylation is 1. The molecular weight excluding hydrogens is 258 g/mol. The lowest BCUT2D eigenvalue weighted by Gasteiger charge is -2.38. The Kier molecular flexibility index (Phi) is 2.96. The number of amides is 1. The first-order valence-corrected chi connectivity index (χ1v) is 6.80. The largest absolute Gasteiger partial charge is 0.377 e. The van der Waals surface area contributed by atoms with Crippen molar-refractivity contribution in [3.05, 3.63) is 18.0 Å². The number of carbonyl (C=O) groups is 1. The second kappa shape index (κ2) is 4.08. The van der Waals surface area contributed by atoms with Crippen LogP contribution in [0, 0.1) is 0 Å². The Balaban J connectivity index is 2.30. The number of rotatable bonds is 4. The molecule has 1 aromatic heterocycles. The lowest BCUT2D eigenvalue weighted by molar-refractivity contribution is -0.0523. The van der Waals surface area contributed by atoms with Gasteiger partial charge in [0.15, 0.2) is 0 Å². The minimum absolute atomic E-state index is 0.0203. The van der Waals surface area contributed by atoms with Gasteiger partial charge >= 0.3 is 0 Å². The van der Waals surface area contributed by atoms with Crippen molar-refractivity contribution >= 4 is 15.9 Å². The number of sulfonamides is 1. The third kappa shape index (κ3) is 2.26. The Labute approximate surface area is 105 Å². The highest BCUT2D eigenvalue weighted by Gasteiger charge is 2.38. The van der Waals surface area contributed by atoms with Gasteiger partial charge in [-0.05, 0) is 13.0 Å². The molecule has 100 valence electrons. The first kappa shape index (κ1) is 13.1. The van der Waals surface area contributed by atoms with E-state index in [0.717, 1.165) is 0 Å². The van der Waals surface area contributed by atoms with E-state index in [1.807, 2.05) is 0 Å². The maximum Gasteiger partial charge on any atom is 0.265 e. The number of primary amides is 1. The normalized spacial score (nSPS) is 18.3. The first-order chi connectivity index (χ1) is 8.23. The van der Waals surface area contributed by atoms with Gasteiger partial charge < -0.3 is 15.0 Å². The zero-order valence-electron chi connectivity index (χ0n) is 10.1. The summed E-state index contributed by atoms with van der Waals surface area (Å²) in [5.74, 6) is -0.669. The van der Waals surface area contributed by atoms with Crippen LogP contribution in [0.1, 0.15) is 17.4 Å². The van der Waals surface area contributed by atoms with Gasteiger partial charge in [0.1, 0.15) is 10.6 Å². The molecule has 3 N–H and O–H groups in total. The molecule has 1 aliphatic heterocycles. The van der Waals surface area contributed by atoms with Crippen molar-refractivity contribution < 1.29 is 17.9 Å². The highest BCUT2D eigenvalue weighted by molar-refractivity contribution is 7.89. The number of hydrogen-bond acceptors (Lipinski definition) is 4. The second-order valence-electron chi connectivity index (χ2n) is 4.70. The predicted octanol–water partition coefficient (Wildman–Crippen LogP) is -0.809. The molecule has 0 bridgehead atoms. The van der Waals surface area contributed by atoms with Crippen molar-refractivity contribution in [2.75, 3.05) is 13.2 Å². The molecular formula is C10H15N3O4S. The van der Waals surface area contributed by atoms with Crippen LogP contribution in [0.4, 0.5) is 0 Å². The summed E-state index contributed by atoms with van der Waals surface area (Å²) in [5.41, 5.74) is 4.70. The average molecular weight is 273 g/mol. The molecule has 0 aromatic carbocycles. The minimum Gasteiger partial charge on any atom is -0.377 e. The number of carbonyl (C=O) groups excluding carboxylic acids is 1. The molecule has 0 spiro atoms. The van der Waals surface area contributed by atoms with Crippen molar-refractivity contribution in [3.63, 3.8) is 0 Å². The molecule has 2 rings (SSSR count). The minimum atomic E-state index is -3.67. The van der Waals surface area contributed by atoms with Gasteiger partial charge in [0.05, 0.1) is 18.8 Å². The molecule has 1 saturated heterocycles. The number of ether oxygens (including phenoxy) is 1. The van der Waals surface area contributed by atoms with Gasteiger partial charge in [-0.25, -0.2) is 13.1 Å². The molecule has 2 heterocycles. The van der Waals surface area contributed by atoms with Crippen molar-refractivity contribution in [1.29, 1.82) is 0 Å². The molecule has 0 aliphatic carbocycles. The van der Waals surface area contributed by atoms with Crippen molar-refractivity contribution in [3.8, 4) is 0 Å². The summed E-state index contributed by atoms with van der Waals surface area (Å²) in [5, 5.41) is 0. The van der Waals surface area contributed by atoms with Crippen molar-refractivity contribution in [2.24, 2.45) is 12.8 Å². The zero-order chi connectivity index (χ0) is 13.6. The number of nitrogens with two attached hydrogens (primary N) is 1. The maximum absolute atomic E-state index is 12.1. The summed E-state index contributed by atoms with van der Waals surface area (Å²) in [6.07, 6.45) is 1.35. The van der Waals surface area contributed by atoms with Crippen LogP contribution >= 0.6 is 0 Å². The predicted molar refractivity (Wildman–Crippen MR) is 63.5 cm³/mol. The van der Waals surface area contributed by atoms with Crippen LogP contribution in [0.5, 0.6) is 0 Å². The SMILES string of the molecule is Cn1cc(S(=O)(=O)NC2(C)COC2)cc1C(N)=O. The third-order valence-electron chi connectivity index (χ3n) is 2.76. The summed E-state index contributed by atoms with van der Waals surface area (Å²) < 4.78 is 33.1. The molecule has 0 saturated carbocycles. The maximum atomic E-state index is 12.1. The molecule has 18 heavy (non-hydrogen) atoms. The Hall–Kier alpha value is -1.38. The number of nitrogens with one attached hydrogen (secondary N) is 1. The summed E-state index contributed by atoms with van der Waals surface area (Å²) in [7, 11) is -2.11. The standard InChI is InChI=1S/C10H15N3O4S/c1-10(5-17-6-10)12-18(15,16)7-3-8(9(11)14)13(2)4-7/h3-4,12H,5-6H2,1-2H3,(H2,11,14). The summed E-state index contributed by atoms with van der Waals surface area (Å²) in [6.45, 7) is 2.43. The van der Waals surface area contributed by atoms with Crippen LogP contribution in [0.3, 0.4) is 0 Å². The van der Waals surface area contributed by atoms with Gasteiger partial charge in [-0.2, -0.15) is 0 Å². The summed E-state index contributed by atoms with van der Waals surface area (Å²) >= 11 is 0. The van der Waals surface area contributed by atoms with Crippen LogP contribution in [0.15, 0.2) is 17.2 Å². The Morgan fingerprint density at radius 3 is 2.56 bits per heavy atom. The van der Waals surface area contributed by atoms with E-state index >= 15 is 0 Å². The van der Waals surface area contributed by atoms with E-state index in [1.165, 1.54) is 16.8 Å². The molecule has 8 heteroatoms. The zero-order valence-corrected chi connectivity index (χ0v) is 11.0. The fourth-order valence-electron chi connectivity index (χ4n) is 1.78. The number of aromatic nitrogens is 1. The monoisotopic (exact) mass is 273 g/mol. The van der Waals surface area contributed by atoms with Crippen LogP contribution in [0.2, 0.25) is 0 Å². The second-order valence-corrected chi connectivity index (χ2v) is 6.38. The van der Waals surface area contributed by atoms with E-state index < -0.39 is 21.5 Å². The molecule has 0 unspecified atom stereocenters. The topological polar surface area (TPSA) is 103 Å². The smallest absolute Gasteiger partial charge is 0.265 e. The Bertz CT molecular complexity index is 586. The number of nitrogens with zero attached hydrogens (tertiary/aromatic N) is 1. The molecule has 7 nitrogen and oxygen atoms in total. The van der Waals surface area contributed by atoms with Gasteiger partial charge in [-0.1, -0.05) is 0 Å². The van der Waals surface area contributed by atoms with E-state index in [9.17, 15) is 13.2 Å². The van der Waals surface area contributed by atoms with E-state index in [4.69, 9.17) is 10.5 Å². The van der Waals surface area contributed by atoms with Gasteiger partial charge in [0.2, 0.25) is 10.0 Å². The fourth-order valence-corrected chi connectivity index (χ4v) is 3.22.